The molecule has 0 aliphatic carbocycles. The van der Waals surface area contributed by atoms with Crippen molar-refractivity contribution in [3.05, 3.63) is 95.0 Å². The van der Waals surface area contributed by atoms with Gasteiger partial charge in [-0.3, -0.25) is 15.0 Å². The van der Waals surface area contributed by atoms with Crippen molar-refractivity contribution in [3.8, 4) is 0 Å². The van der Waals surface area contributed by atoms with E-state index in [1.165, 1.54) is 16.9 Å². The number of aromatic nitrogens is 1. The van der Waals surface area contributed by atoms with E-state index in [-0.39, 0.29) is 5.91 Å². The van der Waals surface area contributed by atoms with Crippen LogP contribution in [0.4, 0.5) is 5.13 Å². The Morgan fingerprint density at radius 3 is 2.52 bits per heavy atom. The van der Waals surface area contributed by atoms with Gasteiger partial charge >= 0.3 is 0 Å². The van der Waals surface area contributed by atoms with Crippen molar-refractivity contribution < 1.29 is 4.79 Å². The maximum absolute atomic E-state index is 12.9. The minimum atomic E-state index is -0.124. The number of rotatable bonds is 8. The number of carbonyl (C=O) groups is 1. The summed E-state index contributed by atoms with van der Waals surface area (Å²) in [4.78, 5) is 20.0. The molecule has 0 spiro atoms. The second kappa shape index (κ2) is 9.86. The number of benzene rings is 3. The first-order chi connectivity index (χ1) is 15.1. The minimum Gasteiger partial charge on any atom is -0.298 e. The Morgan fingerprint density at radius 1 is 0.968 bits per heavy atom. The van der Waals surface area contributed by atoms with Gasteiger partial charge in [0, 0.05) is 30.6 Å². The highest BCUT2D eigenvalue weighted by Crippen LogP contribution is 2.22. The van der Waals surface area contributed by atoms with E-state index < -0.39 is 0 Å². The first kappa shape index (κ1) is 21.2. The predicted molar refractivity (Wildman–Crippen MR) is 129 cm³/mol. The second-order valence-corrected chi connectivity index (χ2v) is 9.03. The molecule has 31 heavy (non-hydrogen) atoms. The van der Waals surface area contributed by atoms with Crippen LogP contribution >= 0.6 is 11.3 Å². The van der Waals surface area contributed by atoms with Gasteiger partial charge in [0.2, 0.25) is 0 Å². The molecule has 0 aliphatic heterocycles. The molecule has 0 fully saturated rings. The number of hydrogen-bond acceptors (Lipinski definition) is 4. The first-order valence-corrected chi connectivity index (χ1v) is 11.5. The monoisotopic (exact) mass is 429 g/mol. The fraction of sp³-hybridized carbons (Fsp3) is 0.231. The molecule has 1 amide bonds. The van der Waals surface area contributed by atoms with Crippen molar-refractivity contribution in [2.45, 2.75) is 26.9 Å². The van der Waals surface area contributed by atoms with Crippen LogP contribution in [0.15, 0.2) is 78.2 Å². The van der Waals surface area contributed by atoms with Crippen molar-refractivity contribution in [1.29, 1.82) is 0 Å². The Labute approximate surface area is 187 Å². The molecule has 0 atom stereocenters. The van der Waals surface area contributed by atoms with Gasteiger partial charge in [-0.1, -0.05) is 80.6 Å². The molecule has 3 aromatic carbocycles. The zero-order valence-corrected chi connectivity index (χ0v) is 18.7. The van der Waals surface area contributed by atoms with Crippen LogP contribution < -0.4 is 5.32 Å². The maximum Gasteiger partial charge on any atom is 0.258 e. The molecule has 4 nitrogen and oxygen atoms in total. The number of fused-ring (bicyclic) bond motifs is 1. The molecule has 0 radical (unpaired) electrons. The topological polar surface area (TPSA) is 45.2 Å². The van der Waals surface area contributed by atoms with Gasteiger partial charge in [-0.05, 0) is 28.3 Å². The molecule has 0 saturated heterocycles. The van der Waals surface area contributed by atoms with Gasteiger partial charge in [0.15, 0.2) is 5.13 Å². The van der Waals surface area contributed by atoms with Crippen LogP contribution in [0.5, 0.6) is 0 Å². The van der Waals surface area contributed by atoms with Gasteiger partial charge in [0.05, 0.1) is 5.69 Å². The number of nitrogens with zero attached hydrogens (tertiary/aromatic N) is 2. The third-order valence-corrected chi connectivity index (χ3v) is 5.87. The molecule has 0 saturated carbocycles. The van der Waals surface area contributed by atoms with Crippen molar-refractivity contribution in [2.24, 2.45) is 5.92 Å². The number of anilines is 1. The number of amides is 1. The molecule has 1 N–H and O–H groups in total. The van der Waals surface area contributed by atoms with E-state index in [2.05, 4.69) is 53.3 Å². The van der Waals surface area contributed by atoms with E-state index in [1.807, 2.05) is 53.9 Å². The highest BCUT2D eigenvalue weighted by atomic mass is 32.1. The fourth-order valence-corrected chi connectivity index (χ4v) is 4.49. The summed E-state index contributed by atoms with van der Waals surface area (Å²) in [6.45, 7) is 7.09. The fourth-order valence-electron chi connectivity index (χ4n) is 3.80. The van der Waals surface area contributed by atoms with E-state index in [9.17, 15) is 4.79 Å². The van der Waals surface area contributed by atoms with Crippen LogP contribution in [-0.2, 0) is 13.1 Å². The van der Waals surface area contributed by atoms with Crippen LogP contribution in [0, 0.1) is 5.92 Å². The van der Waals surface area contributed by atoms with Crippen LogP contribution in [0.2, 0.25) is 0 Å². The summed E-state index contributed by atoms with van der Waals surface area (Å²) in [5.74, 6) is 0.439. The van der Waals surface area contributed by atoms with Crippen LogP contribution in [0.1, 0.15) is 35.5 Å². The molecule has 4 aromatic rings. The molecule has 0 bridgehead atoms. The first-order valence-electron chi connectivity index (χ1n) is 10.6. The number of nitrogens with one attached hydrogen (secondary N) is 1. The molecule has 1 heterocycles. The summed E-state index contributed by atoms with van der Waals surface area (Å²) in [6, 6.07) is 24.2. The average Bonchev–Trinajstić information content (AvgIpc) is 3.20. The summed E-state index contributed by atoms with van der Waals surface area (Å²) in [5, 5.41) is 7.66. The van der Waals surface area contributed by atoms with Crippen molar-refractivity contribution in [1.82, 2.24) is 9.88 Å². The Hall–Kier alpha value is -3.02. The molecular weight excluding hydrogens is 402 g/mol. The van der Waals surface area contributed by atoms with Gasteiger partial charge in [0.1, 0.15) is 0 Å². The lowest BCUT2D eigenvalue weighted by Crippen LogP contribution is -2.27. The van der Waals surface area contributed by atoms with Crippen molar-refractivity contribution in [2.75, 3.05) is 11.9 Å². The van der Waals surface area contributed by atoms with Gasteiger partial charge in [0.25, 0.3) is 5.91 Å². The highest BCUT2D eigenvalue weighted by molar-refractivity contribution is 7.14. The summed E-state index contributed by atoms with van der Waals surface area (Å²) in [5.41, 5.74) is 2.94. The van der Waals surface area contributed by atoms with Crippen LogP contribution in [0.25, 0.3) is 10.8 Å². The number of carbonyl (C=O) groups excluding carboxylic acids is 1. The summed E-state index contributed by atoms with van der Waals surface area (Å²) >= 11 is 1.48. The van der Waals surface area contributed by atoms with Crippen LogP contribution in [-0.4, -0.2) is 22.3 Å². The van der Waals surface area contributed by atoms with Gasteiger partial charge in [-0.2, -0.15) is 0 Å². The lowest BCUT2D eigenvalue weighted by atomic mass is 10.0. The van der Waals surface area contributed by atoms with E-state index >= 15 is 0 Å². The largest absolute Gasteiger partial charge is 0.298 e. The third-order valence-electron chi connectivity index (χ3n) is 5.06. The molecule has 4 rings (SSSR count). The van der Waals surface area contributed by atoms with Crippen molar-refractivity contribution in [3.63, 3.8) is 0 Å². The molecular formula is C26H27N3OS. The smallest absolute Gasteiger partial charge is 0.258 e. The van der Waals surface area contributed by atoms with Crippen LogP contribution in [0.3, 0.4) is 0 Å². The SMILES string of the molecule is CC(C)CN(Cc1ccccc1)Cc1csc(NC(=O)c2cccc3ccccc23)n1. The summed E-state index contributed by atoms with van der Waals surface area (Å²) in [6.07, 6.45) is 0. The standard InChI is InChI=1S/C26H27N3OS/c1-19(2)15-29(16-20-9-4-3-5-10-20)17-22-18-31-26(27-22)28-25(30)24-14-8-12-21-11-6-7-13-23(21)24/h3-14,18-19H,15-17H2,1-2H3,(H,27,28,30). The molecule has 1 aromatic heterocycles. The number of hydrogen-bond donors (Lipinski definition) is 1. The van der Waals surface area contributed by atoms with E-state index in [0.717, 1.165) is 36.1 Å². The molecule has 5 heteroatoms. The Kier molecular flexibility index (Phi) is 6.75. The van der Waals surface area contributed by atoms with Gasteiger partial charge in [-0.25, -0.2) is 4.98 Å². The zero-order valence-electron chi connectivity index (χ0n) is 17.9. The zero-order chi connectivity index (χ0) is 21.6. The van der Waals surface area contributed by atoms with E-state index in [0.29, 0.717) is 16.6 Å². The molecule has 158 valence electrons. The minimum absolute atomic E-state index is 0.124. The molecule has 0 unspecified atom stereocenters. The third kappa shape index (κ3) is 5.57. The quantitative estimate of drug-likeness (QED) is 0.362. The lowest BCUT2D eigenvalue weighted by molar-refractivity contribution is 0.102. The normalized spacial score (nSPS) is 11.4. The predicted octanol–water partition coefficient (Wildman–Crippen LogP) is 6.21. The highest BCUT2D eigenvalue weighted by Gasteiger charge is 2.14. The Morgan fingerprint density at radius 2 is 1.71 bits per heavy atom. The Balaban J connectivity index is 1.46. The van der Waals surface area contributed by atoms with Gasteiger partial charge in [-0.15, -0.1) is 11.3 Å². The average molecular weight is 430 g/mol. The van der Waals surface area contributed by atoms with E-state index in [1.54, 1.807) is 0 Å². The van der Waals surface area contributed by atoms with Gasteiger partial charge < -0.3 is 0 Å². The second-order valence-electron chi connectivity index (χ2n) is 8.17. The Bertz CT molecular complexity index is 1150. The van der Waals surface area contributed by atoms with E-state index in [4.69, 9.17) is 0 Å². The summed E-state index contributed by atoms with van der Waals surface area (Å²) < 4.78 is 0. The maximum atomic E-state index is 12.9. The molecule has 0 aliphatic rings. The lowest BCUT2D eigenvalue weighted by Gasteiger charge is -2.23. The summed E-state index contributed by atoms with van der Waals surface area (Å²) in [7, 11) is 0. The number of thiazole rings is 1. The van der Waals surface area contributed by atoms with Crippen molar-refractivity contribution >= 4 is 33.1 Å².